The van der Waals surface area contributed by atoms with Crippen LogP contribution in [0.1, 0.15) is 68.6 Å². The maximum absolute atomic E-state index is 13.1. The maximum atomic E-state index is 13.1. The van der Waals surface area contributed by atoms with Crippen molar-refractivity contribution in [2.24, 2.45) is 11.8 Å². The Bertz CT molecular complexity index is 1170. The van der Waals surface area contributed by atoms with E-state index in [1.807, 2.05) is 24.8 Å². The van der Waals surface area contributed by atoms with Crippen molar-refractivity contribution in [3.8, 4) is 0 Å². The van der Waals surface area contributed by atoms with Crippen LogP contribution in [-0.4, -0.2) is 113 Å². The number of nitrogens with zero attached hydrogens (tertiary/aromatic N) is 4. The highest BCUT2D eigenvalue weighted by atomic mass is 16.3. The Morgan fingerprint density at radius 1 is 1.02 bits per heavy atom. The minimum Gasteiger partial charge on any atom is -0.412 e. The molecule has 1 aromatic carbocycles. The number of amides is 5. The lowest BCUT2D eigenvalue weighted by Crippen LogP contribution is -2.55. The monoisotopic (exact) mass is 575 g/mol. The van der Waals surface area contributed by atoms with Gasteiger partial charge in [0.1, 0.15) is 6.04 Å². The molecule has 228 valence electrons. The van der Waals surface area contributed by atoms with Crippen molar-refractivity contribution in [2.45, 2.75) is 58.5 Å². The van der Waals surface area contributed by atoms with Gasteiger partial charge >= 0.3 is 0 Å². The number of hydrogen-bond acceptors (Lipinski definition) is 8. The molecule has 12 nitrogen and oxygen atoms in total. The van der Waals surface area contributed by atoms with Crippen LogP contribution >= 0.6 is 0 Å². The van der Waals surface area contributed by atoms with E-state index in [1.54, 1.807) is 12.1 Å². The molecule has 5 rings (SSSR count). The van der Waals surface area contributed by atoms with E-state index in [9.17, 15) is 24.0 Å². The fourth-order valence-electron chi connectivity index (χ4n) is 5.74. The molecule has 4 N–H and O–H groups in total. The number of likely N-dealkylation sites (N-methyl/N-ethyl adjacent to an activating group) is 1. The molecule has 3 fully saturated rings. The van der Waals surface area contributed by atoms with Gasteiger partial charge < -0.3 is 25.3 Å². The topological polar surface area (TPSA) is 162 Å². The SMILES string of the molecule is CC(C)CO.C[C@H]1CN(C)CCN1C(=O)C1CCN(c2ccc3c(c2)C(=O)N(C2CCC(=O)NC2=O)C3=O)CC1.O.[HH]. The third-order valence-electron chi connectivity index (χ3n) is 8.11. The van der Waals surface area contributed by atoms with Gasteiger partial charge in [0.05, 0.1) is 11.1 Å². The highest BCUT2D eigenvalue weighted by Gasteiger charge is 2.45. The van der Waals surface area contributed by atoms with Crippen LogP contribution in [0, 0.1) is 11.8 Å². The van der Waals surface area contributed by atoms with Crippen LogP contribution in [0.5, 0.6) is 0 Å². The number of aliphatic hydroxyl groups is 1. The minimum absolute atomic E-state index is 0. The molecular weight excluding hydrogens is 530 g/mol. The summed E-state index contributed by atoms with van der Waals surface area (Å²) in [4.78, 5) is 70.3. The number of rotatable bonds is 4. The number of piperidine rings is 2. The van der Waals surface area contributed by atoms with Crippen LogP contribution in [0.15, 0.2) is 18.2 Å². The van der Waals surface area contributed by atoms with Gasteiger partial charge in [-0.3, -0.25) is 34.2 Å². The van der Waals surface area contributed by atoms with Crippen molar-refractivity contribution < 1.29 is 36.0 Å². The largest absolute Gasteiger partial charge is 0.412 e. The smallest absolute Gasteiger partial charge is 0.262 e. The predicted molar refractivity (Wildman–Crippen MR) is 154 cm³/mol. The summed E-state index contributed by atoms with van der Waals surface area (Å²) >= 11 is 0. The highest BCUT2D eigenvalue weighted by Crippen LogP contribution is 2.32. The van der Waals surface area contributed by atoms with Gasteiger partial charge in [-0.2, -0.15) is 0 Å². The molecule has 0 radical (unpaired) electrons. The Labute approximate surface area is 242 Å². The fourth-order valence-corrected chi connectivity index (χ4v) is 5.74. The number of fused-ring (bicyclic) bond motifs is 1. The number of anilines is 1. The lowest BCUT2D eigenvalue weighted by molar-refractivity contribution is -0.140. The Hall–Kier alpha value is -3.35. The summed E-state index contributed by atoms with van der Waals surface area (Å²) < 4.78 is 0. The first kappa shape index (κ1) is 32.2. The van der Waals surface area contributed by atoms with Crippen molar-refractivity contribution >= 4 is 35.2 Å². The Morgan fingerprint density at radius 3 is 2.24 bits per heavy atom. The van der Waals surface area contributed by atoms with Gasteiger partial charge in [0.15, 0.2) is 0 Å². The van der Waals surface area contributed by atoms with Gasteiger partial charge in [-0.25, -0.2) is 0 Å². The van der Waals surface area contributed by atoms with E-state index in [0.717, 1.165) is 43.1 Å². The van der Waals surface area contributed by atoms with Crippen molar-refractivity contribution in [3.05, 3.63) is 29.3 Å². The zero-order chi connectivity index (χ0) is 29.1. The van der Waals surface area contributed by atoms with E-state index >= 15 is 0 Å². The van der Waals surface area contributed by atoms with E-state index in [1.165, 1.54) is 0 Å². The van der Waals surface area contributed by atoms with Crippen LogP contribution in [0.4, 0.5) is 5.69 Å². The van der Waals surface area contributed by atoms with E-state index < -0.39 is 29.7 Å². The summed E-state index contributed by atoms with van der Waals surface area (Å²) in [5.74, 6) is -1.34. The normalized spacial score (nSPS) is 23.6. The number of piperazine rings is 1. The first-order chi connectivity index (χ1) is 19.0. The van der Waals surface area contributed by atoms with Gasteiger partial charge in [-0.1, -0.05) is 13.8 Å². The van der Waals surface area contributed by atoms with Crippen molar-refractivity contribution in [1.29, 1.82) is 0 Å². The van der Waals surface area contributed by atoms with Crippen LogP contribution in [0.3, 0.4) is 0 Å². The molecule has 0 aromatic heterocycles. The molecule has 41 heavy (non-hydrogen) atoms. The van der Waals surface area contributed by atoms with Crippen molar-refractivity contribution in [2.75, 3.05) is 51.3 Å². The molecule has 4 aliphatic heterocycles. The second kappa shape index (κ2) is 13.5. The van der Waals surface area contributed by atoms with E-state index in [2.05, 4.69) is 29.1 Å². The summed E-state index contributed by atoms with van der Waals surface area (Å²) in [6, 6.07) is 4.42. The molecule has 5 amide bonds. The zero-order valence-electron chi connectivity index (χ0n) is 24.4. The molecule has 4 aliphatic rings. The van der Waals surface area contributed by atoms with E-state index in [4.69, 9.17) is 5.11 Å². The zero-order valence-corrected chi connectivity index (χ0v) is 24.4. The Balaban J connectivity index is 0.000000814. The molecule has 4 heterocycles. The van der Waals surface area contributed by atoms with Gasteiger partial charge in [-0.15, -0.1) is 0 Å². The van der Waals surface area contributed by atoms with Crippen molar-refractivity contribution in [3.63, 3.8) is 0 Å². The van der Waals surface area contributed by atoms with E-state index in [-0.39, 0.29) is 48.7 Å². The number of benzene rings is 1. The molecule has 0 saturated carbocycles. The second-order valence-corrected chi connectivity index (χ2v) is 11.7. The number of nitrogens with one attached hydrogen (secondary N) is 1. The number of hydrogen-bond donors (Lipinski definition) is 2. The summed E-state index contributed by atoms with van der Waals surface area (Å²) in [6.07, 6.45) is 1.71. The van der Waals surface area contributed by atoms with Gasteiger partial charge in [0.2, 0.25) is 17.7 Å². The number of imide groups is 2. The Kier molecular flexibility index (Phi) is 10.6. The quantitative estimate of drug-likeness (QED) is 0.491. The average Bonchev–Trinajstić information content (AvgIpc) is 3.18. The predicted octanol–water partition coefficient (Wildman–Crippen LogP) is 0.523. The lowest BCUT2D eigenvalue weighted by atomic mass is 9.93. The first-order valence-electron chi connectivity index (χ1n) is 14.2. The minimum atomic E-state index is -0.970. The second-order valence-electron chi connectivity index (χ2n) is 11.7. The molecule has 1 unspecified atom stereocenters. The summed E-state index contributed by atoms with van der Waals surface area (Å²) in [6.45, 7) is 10.3. The number of aliphatic hydroxyl groups excluding tert-OH is 1. The molecule has 0 bridgehead atoms. The lowest BCUT2D eigenvalue weighted by Gasteiger charge is -2.41. The highest BCUT2D eigenvalue weighted by molar-refractivity contribution is 6.23. The molecule has 12 heteroatoms. The Morgan fingerprint density at radius 2 is 1.66 bits per heavy atom. The average molecular weight is 576 g/mol. The molecule has 0 aliphatic carbocycles. The third-order valence-corrected chi connectivity index (χ3v) is 8.11. The number of carbonyl (C=O) groups is 5. The standard InChI is InChI=1S/C25H31N5O5.C4H10O.H2O.H2/c1-15-14-27(2)11-12-29(15)23(33)16-7-9-28(10-8-16)17-3-4-18-19(13-17)25(35)30(24(18)34)20-5-6-21(31)26-22(20)32;1-4(2)3-5;;/h3-4,13,15-16,20H,5-12,14H2,1-2H3,(H,26,31,32);4-5H,3H2,1-2H3;1H2;1H/t15-,20?;;;/m0.../s1. The van der Waals surface area contributed by atoms with Crippen molar-refractivity contribution in [1.82, 2.24) is 20.0 Å². The van der Waals surface area contributed by atoms with Crippen LogP contribution in [-0.2, 0) is 14.4 Å². The van der Waals surface area contributed by atoms with Crippen LogP contribution in [0.2, 0.25) is 0 Å². The van der Waals surface area contributed by atoms with Gasteiger partial charge in [0, 0.05) is 64.8 Å². The molecule has 1 aromatic rings. The summed E-state index contributed by atoms with van der Waals surface area (Å²) in [7, 11) is 2.08. The first-order valence-corrected chi connectivity index (χ1v) is 14.2. The summed E-state index contributed by atoms with van der Waals surface area (Å²) in [5.41, 5.74) is 1.38. The third kappa shape index (κ3) is 6.94. The number of carbonyl (C=O) groups excluding carboxylic acids is 5. The molecule has 3 saturated heterocycles. The molecule has 0 spiro atoms. The van der Waals surface area contributed by atoms with E-state index in [0.29, 0.717) is 25.6 Å². The van der Waals surface area contributed by atoms with Crippen LogP contribution in [0.25, 0.3) is 0 Å². The van der Waals surface area contributed by atoms with Gasteiger partial charge in [-0.05, 0) is 57.4 Å². The molecule has 2 atom stereocenters. The van der Waals surface area contributed by atoms with Crippen LogP contribution < -0.4 is 10.2 Å². The molecular formula is C29H45N5O7. The van der Waals surface area contributed by atoms with Gasteiger partial charge in [0.25, 0.3) is 11.8 Å². The maximum Gasteiger partial charge on any atom is 0.262 e. The fraction of sp³-hybridized carbons (Fsp3) is 0.621. The summed E-state index contributed by atoms with van der Waals surface area (Å²) in [5, 5.41) is 10.4.